The van der Waals surface area contributed by atoms with Gasteiger partial charge in [0.05, 0.1) is 57.9 Å². The van der Waals surface area contributed by atoms with E-state index < -0.39 is 16.2 Å². The van der Waals surface area contributed by atoms with Crippen LogP contribution >= 0.6 is 0 Å². The molecule has 0 bridgehead atoms. The zero-order valence-electron chi connectivity index (χ0n) is 28.2. The van der Waals surface area contributed by atoms with Gasteiger partial charge in [-0.15, -0.1) is 0 Å². The summed E-state index contributed by atoms with van der Waals surface area (Å²) in [7, 11) is -0.752. The van der Waals surface area contributed by atoms with Crippen LogP contribution in [0.3, 0.4) is 0 Å². The number of carbonyl (C=O) groups is 1. The van der Waals surface area contributed by atoms with Gasteiger partial charge in [0.1, 0.15) is 28.9 Å². The predicted octanol–water partition coefficient (Wildman–Crippen LogP) is 6.21. The fourth-order valence-electron chi connectivity index (χ4n) is 6.83. The summed E-state index contributed by atoms with van der Waals surface area (Å²) in [6, 6.07) is 24.2. The molecule has 0 saturated carbocycles. The van der Waals surface area contributed by atoms with Crippen LogP contribution in [-0.2, 0) is 16.6 Å². The van der Waals surface area contributed by atoms with Crippen LogP contribution in [0.5, 0.6) is 0 Å². The van der Waals surface area contributed by atoms with Crippen LogP contribution in [0, 0.1) is 18.3 Å². The topological polar surface area (TPSA) is 137 Å². The van der Waals surface area contributed by atoms with E-state index in [0.29, 0.717) is 92.4 Å². The molecule has 8 rings (SSSR count). The maximum atomic E-state index is 13.8. The van der Waals surface area contributed by atoms with Crippen LogP contribution in [0.2, 0.25) is 0 Å². The van der Waals surface area contributed by atoms with Gasteiger partial charge in [-0.25, -0.2) is 22.8 Å². The molecular formula is C38H32FN7O4S. The van der Waals surface area contributed by atoms with Crippen molar-refractivity contribution < 1.29 is 22.0 Å². The van der Waals surface area contributed by atoms with Crippen molar-refractivity contribution in [1.29, 1.82) is 5.26 Å². The molecule has 1 aliphatic heterocycles. The number of hydrogen-bond donors (Lipinski definition) is 1. The molecule has 51 heavy (non-hydrogen) atoms. The van der Waals surface area contributed by atoms with Crippen LogP contribution in [0.25, 0.3) is 61.0 Å². The van der Waals surface area contributed by atoms with E-state index in [1.165, 1.54) is 7.05 Å². The Morgan fingerprint density at radius 3 is 2.51 bits per heavy atom. The normalized spacial score (nSPS) is 14.0. The molecule has 1 saturated heterocycles. The Morgan fingerprint density at radius 2 is 1.82 bits per heavy atom. The minimum Gasteiger partial charge on any atom is -0.455 e. The smallest absolute Gasteiger partial charge is 0.255 e. The molecule has 3 aromatic carbocycles. The van der Waals surface area contributed by atoms with E-state index in [9.17, 15) is 22.9 Å². The lowest BCUT2D eigenvalue weighted by molar-refractivity contribution is 0.0567. The number of sulfonamides is 1. The number of hydrogen-bond acceptors (Lipinski definition) is 8. The van der Waals surface area contributed by atoms with Gasteiger partial charge in [0, 0.05) is 55.2 Å². The number of aromatic nitrogens is 3. The van der Waals surface area contributed by atoms with Gasteiger partial charge in [-0.05, 0) is 43.3 Å². The monoisotopic (exact) mass is 701 g/mol. The number of pyridine rings is 1. The zero-order valence-corrected chi connectivity index (χ0v) is 29.0. The maximum absolute atomic E-state index is 13.8. The van der Waals surface area contributed by atoms with E-state index in [1.807, 2.05) is 64.8 Å². The van der Waals surface area contributed by atoms with Crippen molar-refractivity contribution in [3.8, 4) is 28.7 Å². The number of anilines is 1. The van der Waals surface area contributed by atoms with Crippen molar-refractivity contribution in [2.75, 3.05) is 37.7 Å². The number of carbonyl (C=O) groups excluding carboxylic acids is 1. The highest BCUT2D eigenvalue weighted by molar-refractivity contribution is 7.92. The van der Waals surface area contributed by atoms with Gasteiger partial charge in [-0.1, -0.05) is 35.9 Å². The lowest BCUT2D eigenvalue weighted by Gasteiger charge is -2.34. The molecule has 4 aromatic heterocycles. The highest BCUT2D eigenvalue weighted by Gasteiger charge is 2.29. The van der Waals surface area contributed by atoms with E-state index >= 15 is 0 Å². The lowest BCUT2D eigenvalue weighted by Crippen LogP contribution is -2.47. The standard InChI is InChI=1S/C38H32FN7O4S/c1-21-8-10-22(11-9-21)37-35(38(47)41-2)27-14-26(31(16-33(27)50-37)44(3)51(4,48)49)28-12-13-29-36(43-28)32-15-25-23(17-40)6-5-7-30(25)46(32)34(42-29)20-45-18-24(39)19-45/h5-16,24H,18-20H2,1-4H3,(H,41,47). The molecule has 11 nitrogen and oxygen atoms in total. The third-order valence-corrected chi connectivity index (χ3v) is 10.7. The number of rotatable bonds is 7. The number of alkyl halides is 1. The third kappa shape index (κ3) is 5.35. The SMILES string of the molecule is CNC(=O)c1c(-c2ccc(C)cc2)oc2cc(N(C)S(C)(=O)=O)c(-c3ccc4nc(CN5CC(F)C5)n5c6cccc(C#N)c6cc5c4n3)cc12. The lowest BCUT2D eigenvalue weighted by atomic mass is 10.00. The van der Waals surface area contributed by atoms with Gasteiger partial charge in [0.15, 0.2) is 0 Å². The molecule has 13 heteroatoms. The number of likely N-dealkylation sites (tertiary alicyclic amines) is 1. The molecule has 1 fully saturated rings. The average Bonchev–Trinajstić information content (AvgIpc) is 3.69. The maximum Gasteiger partial charge on any atom is 0.255 e. The number of halogens is 1. The molecule has 0 radical (unpaired) electrons. The van der Waals surface area contributed by atoms with Crippen LogP contribution in [0.1, 0.15) is 27.3 Å². The fourth-order valence-corrected chi connectivity index (χ4v) is 7.34. The molecule has 0 aliphatic carbocycles. The second-order valence-electron chi connectivity index (χ2n) is 12.9. The largest absolute Gasteiger partial charge is 0.455 e. The number of aryl methyl sites for hydroxylation is 1. The Balaban J connectivity index is 1.41. The Hall–Kier alpha value is -5.84. The first-order chi connectivity index (χ1) is 24.4. The summed E-state index contributed by atoms with van der Waals surface area (Å²) < 4.78 is 49.2. The highest BCUT2D eigenvalue weighted by atomic mass is 32.2. The van der Waals surface area contributed by atoms with Crippen molar-refractivity contribution in [2.24, 2.45) is 0 Å². The number of nitriles is 1. The van der Waals surface area contributed by atoms with Gasteiger partial charge in [0.25, 0.3) is 5.91 Å². The molecule has 0 unspecified atom stereocenters. The first kappa shape index (κ1) is 32.4. The number of furan rings is 1. The van der Waals surface area contributed by atoms with Crippen LogP contribution < -0.4 is 9.62 Å². The zero-order chi connectivity index (χ0) is 35.8. The number of benzene rings is 3. The Kier molecular flexibility index (Phi) is 7.55. The number of nitrogens with one attached hydrogen (secondary N) is 1. The summed E-state index contributed by atoms with van der Waals surface area (Å²) >= 11 is 0. The van der Waals surface area contributed by atoms with E-state index in [2.05, 4.69) is 11.4 Å². The quantitative estimate of drug-likeness (QED) is 0.207. The molecule has 1 aliphatic rings. The highest BCUT2D eigenvalue weighted by Crippen LogP contribution is 2.42. The summed E-state index contributed by atoms with van der Waals surface area (Å²) in [5.41, 5.74) is 6.62. The van der Waals surface area contributed by atoms with Crippen molar-refractivity contribution in [3.63, 3.8) is 0 Å². The Bertz CT molecular complexity index is 2730. The Morgan fingerprint density at radius 1 is 1.06 bits per heavy atom. The molecule has 5 heterocycles. The molecular weight excluding hydrogens is 670 g/mol. The Labute approximate surface area is 292 Å². The number of nitrogens with zero attached hydrogens (tertiary/aromatic N) is 6. The van der Waals surface area contributed by atoms with Gasteiger partial charge in [-0.3, -0.25) is 18.4 Å². The summed E-state index contributed by atoms with van der Waals surface area (Å²) in [4.78, 5) is 25.5. The molecule has 1 N–H and O–H groups in total. The molecule has 7 aromatic rings. The first-order valence-electron chi connectivity index (χ1n) is 16.3. The minimum absolute atomic E-state index is 0.302. The van der Waals surface area contributed by atoms with E-state index in [-0.39, 0.29) is 5.91 Å². The summed E-state index contributed by atoms with van der Waals surface area (Å²) in [6.45, 7) is 3.01. The summed E-state index contributed by atoms with van der Waals surface area (Å²) in [5, 5.41) is 13.9. The molecule has 0 spiro atoms. The van der Waals surface area contributed by atoms with E-state index in [0.717, 1.165) is 27.0 Å². The third-order valence-electron chi connectivity index (χ3n) is 9.56. The minimum atomic E-state index is -3.75. The second kappa shape index (κ2) is 11.9. The van der Waals surface area contributed by atoms with Crippen molar-refractivity contribution >= 4 is 60.0 Å². The van der Waals surface area contributed by atoms with Crippen LogP contribution in [0.4, 0.5) is 10.1 Å². The fraction of sp³-hybridized carbons (Fsp3) is 0.211. The van der Waals surface area contributed by atoms with Crippen molar-refractivity contribution in [3.05, 3.63) is 95.3 Å². The predicted molar refractivity (Wildman–Crippen MR) is 195 cm³/mol. The number of amides is 1. The van der Waals surface area contributed by atoms with E-state index in [1.54, 1.807) is 31.3 Å². The van der Waals surface area contributed by atoms with Crippen molar-refractivity contribution in [2.45, 2.75) is 19.6 Å². The molecule has 0 atom stereocenters. The summed E-state index contributed by atoms with van der Waals surface area (Å²) in [5.74, 6) is 0.674. The molecule has 1 amide bonds. The van der Waals surface area contributed by atoms with Crippen molar-refractivity contribution in [1.82, 2.24) is 24.6 Å². The van der Waals surface area contributed by atoms with E-state index in [4.69, 9.17) is 14.4 Å². The van der Waals surface area contributed by atoms with Gasteiger partial charge in [-0.2, -0.15) is 5.26 Å². The summed E-state index contributed by atoms with van der Waals surface area (Å²) in [6.07, 6.45) is 0.238. The average molecular weight is 702 g/mol. The molecule has 256 valence electrons. The van der Waals surface area contributed by atoms with Crippen LogP contribution in [-0.4, -0.2) is 73.2 Å². The first-order valence-corrected chi connectivity index (χ1v) is 18.1. The number of fused-ring (bicyclic) bond motifs is 6. The van der Waals surface area contributed by atoms with Crippen LogP contribution in [0.15, 0.2) is 77.2 Å². The van der Waals surface area contributed by atoms with Gasteiger partial charge >= 0.3 is 0 Å². The van der Waals surface area contributed by atoms with Gasteiger partial charge in [0.2, 0.25) is 10.0 Å². The second-order valence-corrected chi connectivity index (χ2v) is 15.0. The van der Waals surface area contributed by atoms with Gasteiger partial charge < -0.3 is 9.73 Å².